The van der Waals surface area contributed by atoms with E-state index in [1.165, 1.54) is 38.5 Å². The van der Waals surface area contributed by atoms with Gasteiger partial charge in [0.15, 0.2) is 6.04 Å². The minimum Gasteiger partial charge on any atom is -0.495 e. The van der Waals surface area contributed by atoms with Gasteiger partial charge in [-0.3, -0.25) is 4.79 Å². The first kappa shape index (κ1) is 18.8. The molecule has 148 valence electrons. The van der Waals surface area contributed by atoms with Crippen LogP contribution < -0.4 is 15.4 Å². The second kappa shape index (κ2) is 8.23. The van der Waals surface area contributed by atoms with Gasteiger partial charge in [0.05, 0.1) is 18.8 Å². The molecular weight excluding hydrogens is 352 g/mol. The number of hydrogen-bond acceptors (Lipinski definition) is 3. The zero-order valence-electron chi connectivity index (χ0n) is 16.7. The summed E-state index contributed by atoms with van der Waals surface area (Å²) in [5.41, 5.74) is 2.23. The highest BCUT2D eigenvalue weighted by Crippen LogP contribution is 2.36. The molecule has 1 fully saturated rings. The molecule has 0 saturated heterocycles. The molecule has 1 atom stereocenters. The molecule has 3 aromatic rings. The molecule has 1 aliphatic rings. The van der Waals surface area contributed by atoms with E-state index in [9.17, 15) is 4.79 Å². The monoisotopic (exact) mass is 381 g/mol. The predicted molar refractivity (Wildman–Crippen MR) is 112 cm³/mol. The van der Waals surface area contributed by atoms with Gasteiger partial charge in [-0.05, 0) is 44.7 Å². The van der Waals surface area contributed by atoms with E-state index < -0.39 is 0 Å². The Bertz CT molecular complexity index is 971. The first-order valence-corrected chi connectivity index (χ1v) is 10.3. The molecule has 1 saturated carbocycles. The average Bonchev–Trinajstić information content (AvgIpc) is 2.86. The van der Waals surface area contributed by atoms with E-state index in [0.717, 1.165) is 21.9 Å². The number of ether oxygens (including phenoxy) is 1. The number of hydrogen-bond donors (Lipinski definition) is 2. The number of nitrogens with one attached hydrogen (secondary N) is 1. The van der Waals surface area contributed by atoms with Crippen molar-refractivity contribution in [2.45, 2.75) is 57.5 Å². The van der Waals surface area contributed by atoms with Crippen LogP contribution in [0.4, 0.5) is 5.69 Å². The number of para-hydroxylation sites is 1. The van der Waals surface area contributed by atoms with Crippen molar-refractivity contribution < 1.29 is 19.3 Å². The smallest absolute Gasteiger partial charge is 0.282 e. The Morgan fingerprint density at radius 1 is 1.11 bits per heavy atom. The van der Waals surface area contributed by atoms with Crippen LogP contribution in [0, 0.1) is 0 Å². The second-order valence-electron chi connectivity index (χ2n) is 7.87. The lowest BCUT2D eigenvalue weighted by Crippen LogP contribution is -2.96. The summed E-state index contributed by atoms with van der Waals surface area (Å²) < 4.78 is 11.5. The summed E-state index contributed by atoms with van der Waals surface area (Å²) in [6, 6.07) is 12.1. The molecule has 5 nitrogen and oxygen atoms in total. The molecule has 5 heteroatoms. The van der Waals surface area contributed by atoms with Gasteiger partial charge in [0.2, 0.25) is 0 Å². The van der Waals surface area contributed by atoms with Gasteiger partial charge in [-0.15, -0.1) is 0 Å². The molecule has 4 rings (SSSR count). The van der Waals surface area contributed by atoms with E-state index in [0.29, 0.717) is 17.5 Å². The number of benzene rings is 2. The number of carbonyl (C=O) groups excluding carboxylic acids is 1. The highest BCUT2D eigenvalue weighted by molar-refractivity contribution is 6.08. The fourth-order valence-corrected chi connectivity index (χ4v) is 4.26. The number of quaternary nitrogens is 1. The van der Waals surface area contributed by atoms with Crippen molar-refractivity contribution in [2.75, 3.05) is 12.4 Å². The largest absolute Gasteiger partial charge is 0.495 e. The topological polar surface area (TPSA) is 68.1 Å². The third-order valence-corrected chi connectivity index (χ3v) is 5.83. The van der Waals surface area contributed by atoms with Gasteiger partial charge >= 0.3 is 0 Å². The summed E-state index contributed by atoms with van der Waals surface area (Å²) in [4.78, 5) is 12.8. The van der Waals surface area contributed by atoms with Gasteiger partial charge in [-0.1, -0.05) is 31.0 Å². The summed E-state index contributed by atoms with van der Waals surface area (Å²) in [7, 11) is 1.63. The Morgan fingerprint density at radius 3 is 2.61 bits per heavy atom. The zero-order valence-corrected chi connectivity index (χ0v) is 16.7. The van der Waals surface area contributed by atoms with Gasteiger partial charge in [-0.25, -0.2) is 0 Å². The van der Waals surface area contributed by atoms with Crippen molar-refractivity contribution in [3.05, 3.63) is 36.4 Å². The molecule has 3 N–H and O–H groups in total. The van der Waals surface area contributed by atoms with Crippen LogP contribution in [-0.2, 0) is 4.79 Å². The molecule has 0 spiro atoms. The Balaban J connectivity index is 1.54. The SMILES string of the molecule is COc1cc2c(cc1NC(=O)[C@@H](C)[NH2+]C1CCCCCC1)oc1ccccc12. The fourth-order valence-electron chi connectivity index (χ4n) is 4.26. The van der Waals surface area contributed by atoms with Crippen molar-refractivity contribution in [2.24, 2.45) is 0 Å². The minimum absolute atomic E-state index is 0.00184. The van der Waals surface area contributed by atoms with E-state index in [-0.39, 0.29) is 11.9 Å². The molecule has 1 heterocycles. The number of anilines is 1. The molecule has 0 aliphatic heterocycles. The fraction of sp³-hybridized carbons (Fsp3) is 0.435. The highest BCUT2D eigenvalue weighted by atomic mass is 16.5. The van der Waals surface area contributed by atoms with Crippen LogP contribution >= 0.6 is 0 Å². The quantitative estimate of drug-likeness (QED) is 0.651. The molecule has 0 unspecified atom stereocenters. The summed E-state index contributed by atoms with van der Waals surface area (Å²) in [5, 5.41) is 7.31. The van der Waals surface area contributed by atoms with Gasteiger partial charge in [0.1, 0.15) is 16.9 Å². The van der Waals surface area contributed by atoms with Crippen molar-refractivity contribution in [3.63, 3.8) is 0 Å². The average molecular weight is 381 g/mol. The molecule has 1 aliphatic carbocycles. The van der Waals surface area contributed by atoms with Gasteiger partial charge in [0, 0.05) is 16.8 Å². The molecule has 1 aromatic heterocycles. The van der Waals surface area contributed by atoms with Crippen LogP contribution in [0.25, 0.3) is 21.9 Å². The number of carbonyl (C=O) groups is 1. The van der Waals surface area contributed by atoms with Crippen LogP contribution in [0.5, 0.6) is 5.75 Å². The maximum atomic E-state index is 12.8. The summed E-state index contributed by atoms with van der Waals surface area (Å²) in [6.45, 7) is 1.98. The van der Waals surface area contributed by atoms with Crippen molar-refractivity contribution in [1.82, 2.24) is 0 Å². The Hall–Kier alpha value is -2.53. The Kier molecular flexibility index (Phi) is 5.53. The van der Waals surface area contributed by atoms with Gasteiger partial charge < -0.3 is 19.8 Å². The normalized spacial score (nSPS) is 16.8. The summed E-state index contributed by atoms with van der Waals surface area (Å²) >= 11 is 0. The van der Waals surface area contributed by atoms with Crippen LogP contribution in [-0.4, -0.2) is 25.1 Å². The van der Waals surface area contributed by atoms with E-state index in [2.05, 4.69) is 10.6 Å². The highest BCUT2D eigenvalue weighted by Gasteiger charge is 2.24. The van der Waals surface area contributed by atoms with E-state index in [1.54, 1.807) is 7.11 Å². The summed E-state index contributed by atoms with van der Waals surface area (Å²) in [5.74, 6) is 0.645. The standard InChI is InChI=1S/C23H28N2O3/c1-15(24-16-9-5-3-4-6-10-16)23(26)25-19-14-21-18(13-22(19)27-2)17-11-7-8-12-20(17)28-21/h7-8,11-16,24H,3-6,9-10H2,1-2H3,(H,25,26)/p+1/t15-/m1/s1. The lowest BCUT2D eigenvalue weighted by Gasteiger charge is -2.19. The first-order valence-electron chi connectivity index (χ1n) is 10.3. The maximum absolute atomic E-state index is 12.8. The van der Waals surface area contributed by atoms with Crippen LogP contribution in [0.3, 0.4) is 0 Å². The number of methoxy groups -OCH3 is 1. The van der Waals surface area contributed by atoms with E-state index in [4.69, 9.17) is 9.15 Å². The van der Waals surface area contributed by atoms with Crippen molar-refractivity contribution >= 4 is 33.5 Å². The van der Waals surface area contributed by atoms with Crippen LogP contribution in [0.15, 0.2) is 40.8 Å². The second-order valence-corrected chi connectivity index (χ2v) is 7.87. The molecule has 28 heavy (non-hydrogen) atoms. The number of nitrogens with two attached hydrogens (primary N) is 1. The van der Waals surface area contributed by atoms with E-state index in [1.807, 2.05) is 43.3 Å². The van der Waals surface area contributed by atoms with E-state index >= 15 is 0 Å². The third-order valence-electron chi connectivity index (χ3n) is 5.83. The Morgan fingerprint density at radius 2 is 1.86 bits per heavy atom. The predicted octanol–water partition coefficient (Wildman–Crippen LogP) is 4.21. The van der Waals surface area contributed by atoms with Gasteiger partial charge in [0.25, 0.3) is 5.91 Å². The molecular formula is C23H29N2O3+. The molecule has 2 aromatic carbocycles. The number of fused-ring (bicyclic) bond motifs is 3. The van der Waals surface area contributed by atoms with Crippen molar-refractivity contribution in [1.29, 1.82) is 0 Å². The summed E-state index contributed by atoms with van der Waals surface area (Å²) in [6.07, 6.45) is 7.58. The van der Waals surface area contributed by atoms with Crippen LogP contribution in [0.1, 0.15) is 45.4 Å². The number of furan rings is 1. The number of amides is 1. The maximum Gasteiger partial charge on any atom is 0.282 e. The Labute approximate surface area is 165 Å². The van der Waals surface area contributed by atoms with Crippen LogP contribution in [0.2, 0.25) is 0 Å². The molecule has 1 amide bonds. The lowest BCUT2D eigenvalue weighted by atomic mass is 10.1. The third kappa shape index (κ3) is 3.85. The van der Waals surface area contributed by atoms with Gasteiger partial charge in [-0.2, -0.15) is 0 Å². The minimum atomic E-state index is -0.140. The lowest BCUT2D eigenvalue weighted by molar-refractivity contribution is -0.707. The number of rotatable bonds is 5. The molecule has 0 bridgehead atoms. The van der Waals surface area contributed by atoms with Crippen molar-refractivity contribution in [3.8, 4) is 5.75 Å². The zero-order chi connectivity index (χ0) is 19.5. The first-order chi connectivity index (χ1) is 13.7. The molecule has 0 radical (unpaired) electrons.